The van der Waals surface area contributed by atoms with Gasteiger partial charge in [0, 0.05) is 6.04 Å². The summed E-state index contributed by atoms with van der Waals surface area (Å²) >= 11 is 7.41. The molecule has 0 fully saturated rings. The van der Waals surface area contributed by atoms with Gasteiger partial charge in [0.05, 0.1) is 15.6 Å². The molecule has 1 heterocycles. The molecule has 0 aliphatic rings. The van der Waals surface area contributed by atoms with E-state index < -0.39 is 0 Å². The zero-order chi connectivity index (χ0) is 14.7. The van der Waals surface area contributed by atoms with Crippen LogP contribution < -0.4 is 5.32 Å². The molecule has 0 spiro atoms. The fourth-order valence-electron chi connectivity index (χ4n) is 2.10. The lowest BCUT2D eigenvalue weighted by Gasteiger charge is -2.17. The summed E-state index contributed by atoms with van der Waals surface area (Å²) in [7, 11) is 1.88. The molecule has 0 saturated carbocycles. The molecule has 1 N–H and O–H groups in total. The third kappa shape index (κ3) is 3.16. The lowest BCUT2D eigenvalue weighted by Crippen LogP contribution is -2.19. The van der Waals surface area contributed by atoms with E-state index in [1.807, 2.05) is 13.1 Å². The lowest BCUT2D eigenvalue weighted by molar-refractivity contribution is 0.582. The molecule has 1 aromatic heterocycles. The van der Waals surface area contributed by atoms with Crippen molar-refractivity contribution >= 4 is 23.1 Å². The smallest absolute Gasteiger partial charge is 0.142 e. The van der Waals surface area contributed by atoms with E-state index in [1.165, 1.54) is 17.6 Å². The highest BCUT2D eigenvalue weighted by Gasteiger charge is 2.21. The summed E-state index contributed by atoms with van der Waals surface area (Å²) in [4.78, 5) is 1.09. The minimum Gasteiger partial charge on any atom is -0.312 e. The van der Waals surface area contributed by atoms with Gasteiger partial charge in [-0.1, -0.05) is 42.1 Å². The Kier molecular flexibility index (Phi) is 5.07. The topological polar surface area (TPSA) is 37.8 Å². The van der Waals surface area contributed by atoms with Crippen molar-refractivity contribution in [3.63, 3.8) is 0 Å². The summed E-state index contributed by atoms with van der Waals surface area (Å²) in [6, 6.07) is 4.93. The highest BCUT2D eigenvalue weighted by molar-refractivity contribution is 7.05. The monoisotopic (exact) mass is 313 g/mol. The molecule has 2 aromatic rings. The first-order chi connectivity index (χ1) is 9.54. The van der Waals surface area contributed by atoms with Crippen molar-refractivity contribution in [3.8, 4) is 0 Å². The number of rotatable bonds is 5. The molecule has 3 nitrogen and oxygen atoms in total. The van der Waals surface area contributed by atoms with E-state index in [1.54, 1.807) is 6.07 Å². The molecule has 1 atom stereocenters. The summed E-state index contributed by atoms with van der Waals surface area (Å²) in [6.45, 7) is 4.17. The average Bonchev–Trinajstić information content (AvgIpc) is 2.90. The highest BCUT2D eigenvalue weighted by Crippen LogP contribution is 2.30. The maximum Gasteiger partial charge on any atom is 0.142 e. The number of aromatic nitrogens is 2. The van der Waals surface area contributed by atoms with Crippen LogP contribution in [0.5, 0.6) is 0 Å². The fourth-order valence-corrected chi connectivity index (χ4v) is 3.22. The van der Waals surface area contributed by atoms with Crippen molar-refractivity contribution in [2.45, 2.75) is 32.2 Å². The third-order valence-corrected chi connectivity index (χ3v) is 4.48. The molecule has 2 rings (SSSR count). The van der Waals surface area contributed by atoms with Crippen LogP contribution in [0.4, 0.5) is 4.39 Å². The molecule has 0 amide bonds. The van der Waals surface area contributed by atoms with Crippen LogP contribution in [0.1, 0.15) is 41.9 Å². The number of hydrogen-bond acceptors (Lipinski definition) is 4. The molecule has 1 aromatic carbocycles. The van der Waals surface area contributed by atoms with Crippen molar-refractivity contribution in [2.75, 3.05) is 7.05 Å². The summed E-state index contributed by atoms with van der Waals surface area (Å²) in [5.74, 6) is -0.0758. The van der Waals surface area contributed by atoms with Gasteiger partial charge in [-0.25, -0.2) is 4.39 Å². The normalized spacial score (nSPS) is 12.9. The van der Waals surface area contributed by atoms with Crippen LogP contribution in [0.3, 0.4) is 0 Å². The minimum absolute atomic E-state index is 0.0340. The zero-order valence-corrected chi connectivity index (χ0v) is 13.2. The number of nitrogens with one attached hydrogen (secondary N) is 1. The predicted octanol–water partition coefficient (Wildman–Crippen LogP) is 3.96. The third-order valence-electron chi connectivity index (χ3n) is 3.21. The number of nitrogens with zero attached hydrogens (tertiary/aromatic N) is 2. The second-order valence-electron chi connectivity index (χ2n) is 4.94. The molecule has 0 radical (unpaired) electrons. The van der Waals surface area contributed by atoms with Gasteiger partial charge in [-0.2, -0.15) is 0 Å². The SMILES string of the molecule is CNC(Cc1cccc(F)c1Cl)c1snnc1C(C)C. The first-order valence-corrected chi connectivity index (χ1v) is 7.62. The molecule has 0 bridgehead atoms. The lowest BCUT2D eigenvalue weighted by atomic mass is 10.00. The Morgan fingerprint density at radius 1 is 1.40 bits per heavy atom. The number of halogens is 2. The van der Waals surface area contributed by atoms with Gasteiger partial charge in [0.15, 0.2) is 0 Å². The predicted molar refractivity (Wildman–Crippen MR) is 80.9 cm³/mol. The van der Waals surface area contributed by atoms with E-state index in [-0.39, 0.29) is 16.9 Å². The van der Waals surface area contributed by atoms with Gasteiger partial charge in [-0.3, -0.25) is 0 Å². The maximum absolute atomic E-state index is 13.5. The van der Waals surface area contributed by atoms with Gasteiger partial charge < -0.3 is 5.32 Å². The van der Waals surface area contributed by atoms with Crippen LogP contribution in [0.25, 0.3) is 0 Å². The summed E-state index contributed by atoms with van der Waals surface area (Å²) in [6.07, 6.45) is 0.608. The van der Waals surface area contributed by atoms with Crippen LogP contribution in [0.2, 0.25) is 5.02 Å². The first kappa shape index (κ1) is 15.4. The zero-order valence-electron chi connectivity index (χ0n) is 11.7. The first-order valence-electron chi connectivity index (χ1n) is 6.46. The van der Waals surface area contributed by atoms with E-state index in [9.17, 15) is 4.39 Å². The van der Waals surface area contributed by atoms with Crippen LogP contribution in [-0.4, -0.2) is 16.6 Å². The van der Waals surface area contributed by atoms with E-state index in [0.717, 1.165) is 16.1 Å². The fraction of sp³-hybridized carbons (Fsp3) is 0.429. The van der Waals surface area contributed by atoms with Gasteiger partial charge in [0.25, 0.3) is 0 Å². The van der Waals surface area contributed by atoms with Crippen molar-refractivity contribution in [2.24, 2.45) is 0 Å². The van der Waals surface area contributed by atoms with Crippen molar-refractivity contribution in [1.29, 1.82) is 0 Å². The van der Waals surface area contributed by atoms with Gasteiger partial charge in [-0.15, -0.1) is 5.10 Å². The highest BCUT2D eigenvalue weighted by atomic mass is 35.5. The van der Waals surface area contributed by atoms with Crippen molar-refractivity contribution in [1.82, 2.24) is 14.9 Å². The summed E-state index contributed by atoms with van der Waals surface area (Å²) in [5.41, 5.74) is 1.77. The Balaban J connectivity index is 2.29. The van der Waals surface area contributed by atoms with Crippen molar-refractivity contribution < 1.29 is 4.39 Å². The van der Waals surface area contributed by atoms with Gasteiger partial charge in [-0.05, 0) is 42.5 Å². The number of likely N-dealkylation sites (N-methyl/N-ethyl adjacent to an activating group) is 1. The van der Waals surface area contributed by atoms with E-state index in [0.29, 0.717) is 12.3 Å². The second kappa shape index (κ2) is 6.61. The summed E-state index contributed by atoms with van der Waals surface area (Å²) in [5, 5.41) is 7.62. The van der Waals surface area contributed by atoms with Crippen molar-refractivity contribution in [3.05, 3.63) is 45.2 Å². The largest absolute Gasteiger partial charge is 0.312 e. The molecular formula is C14H17ClFN3S. The van der Waals surface area contributed by atoms with Crippen LogP contribution in [0.15, 0.2) is 18.2 Å². The molecule has 1 unspecified atom stereocenters. The Labute approximate surface area is 127 Å². The molecule has 0 aliphatic heterocycles. The minimum atomic E-state index is -0.384. The second-order valence-corrected chi connectivity index (χ2v) is 6.10. The molecule has 0 saturated heterocycles. The Bertz CT molecular complexity index is 586. The Morgan fingerprint density at radius 3 is 2.80 bits per heavy atom. The van der Waals surface area contributed by atoms with E-state index >= 15 is 0 Å². The van der Waals surface area contributed by atoms with E-state index in [2.05, 4.69) is 28.8 Å². The summed E-state index contributed by atoms with van der Waals surface area (Å²) < 4.78 is 17.5. The number of benzene rings is 1. The molecular weight excluding hydrogens is 297 g/mol. The van der Waals surface area contributed by atoms with Gasteiger partial charge in [0.1, 0.15) is 5.82 Å². The average molecular weight is 314 g/mol. The standard InChI is InChI=1S/C14H17ClFN3S/c1-8(2)13-14(20-19-18-13)11(17-3)7-9-5-4-6-10(16)12(9)15/h4-6,8,11,17H,7H2,1-3H3. The maximum atomic E-state index is 13.5. The van der Waals surface area contributed by atoms with E-state index in [4.69, 9.17) is 11.6 Å². The quantitative estimate of drug-likeness (QED) is 0.908. The molecule has 108 valence electrons. The molecule has 20 heavy (non-hydrogen) atoms. The number of hydrogen-bond donors (Lipinski definition) is 1. The van der Waals surface area contributed by atoms with Gasteiger partial charge in [0.2, 0.25) is 0 Å². The van der Waals surface area contributed by atoms with Gasteiger partial charge >= 0.3 is 0 Å². The van der Waals surface area contributed by atoms with Crippen LogP contribution in [-0.2, 0) is 6.42 Å². The molecule has 6 heteroatoms. The Hall–Kier alpha value is -1.04. The van der Waals surface area contributed by atoms with Crippen LogP contribution in [0, 0.1) is 5.82 Å². The molecule has 0 aliphatic carbocycles. The van der Waals surface area contributed by atoms with Crippen LogP contribution >= 0.6 is 23.1 Å². The Morgan fingerprint density at radius 2 is 2.15 bits per heavy atom.